The van der Waals surface area contributed by atoms with Gasteiger partial charge in [-0.1, -0.05) is 12.8 Å². The Balaban J connectivity index is 1.52. The van der Waals surface area contributed by atoms with E-state index in [2.05, 4.69) is 15.7 Å². The summed E-state index contributed by atoms with van der Waals surface area (Å²) >= 11 is 0. The topological polar surface area (TPSA) is 59.0 Å². The summed E-state index contributed by atoms with van der Waals surface area (Å²) in [6.07, 6.45) is 8.01. The minimum absolute atomic E-state index is 0.0387. The summed E-state index contributed by atoms with van der Waals surface area (Å²) < 4.78 is 1.93. The molecule has 5 heteroatoms. The minimum atomic E-state index is -0.0387. The third kappa shape index (κ3) is 3.35. The fraction of sp³-hybridized carbons (Fsp3) is 0.714. The maximum absolute atomic E-state index is 11.9. The highest BCUT2D eigenvalue weighted by Crippen LogP contribution is 2.31. The lowest BCUT2D eigenvalue weighted by Crippen LogP contribution is -2.32. The van der Waals surface area contributed by atoms with Gasteiger partial charge >= 0.3 is 0 Å². The van der Waals surface area contributed by atoms with E-state index < -0.39 is 0 Å². The Labute approximate surface area is 113 Å². The maximum atomic E-state index is 11.9. The molecule has 2 fully saturated rings. The van der Waals surface area contributed by atoms with Crippen molar-refractivity contribution in [3.8, 4) is 0 Å². The van der Waals surface area contributed by atoms with E-state index in [9.17, 15) is 4.79 Å². The fourth-order valence-corrected chi connectivity index (χ4v) is 2.61. The molecular weight excluding hydrogens is 240 g/mol. The highest BCUT2D eigenvalue weighted by molar-refractivity contribution is 5.92. The summed E-state index contributed by atoms with van der Waals surface area (Å²) in [7, 11) is 0. The van der Waals surface area contributed by atoms with Crippen LogP contribution in [0.3, 0.4) is 0 Å². The van der Waals surface area contributed by atoms with Gasteiger partial charge in [-0.3, -0.25) is 9.48 Å². The fourth-order valence-electron chi connectivity index (χ4n) is 2.61. The van der Waals surface area contributed by atoms with Crippen LogP contribution < -0.4 is 10.6 Å². The number of hydrogen-bond donors (Lipinski definition) is 2. The lowest BCUT2D eigenvalue weighted by Gasteiger charge is -2.22. The first-order valence-electron chi connectivity index (χ1n) is 7.37. The summed E-state index contributed by atoms with van der Waals surface area (Å²) in [4.78, 5) is 11.9. The second-order valence-electron chi connectivity index (χ2n) is 5.67. The third-order valence-electron chi connectivity index (χ3n) is 4.02. The van der Waals surface area contributed by atoms with Crippen LogP contribution in [-0.4, -0.2) is 35.3 Å². The molecule has 1 saturated heterocycles. The molecule has 2 N–H and O–H groups in total. The molecule has 1 saturated carbocycles. The molecule has 1 aliphatic carbocycles. The molecule has 5 nitrogen and oxygen atoms in total. The SMILES string of the molecule is O=C(NCCC1CC1)c1ccn(C2CCCNC2)n1. The van der Waals surface area contributed by atoms with Gasteiger partial charge in [0, 0.05) is 19.3 Å². The number of piperidine rings is 1. The molecule has 2 heterocycles. The zero-order valence-corrected chi connectivity index (χ0v) is 11.3. The predicted octanol–water partition coefficient (Wildman–Crippen LogP) is 1.34. The molecule has 2 aliphatic rings. The van der Waals surface area contributed by atoms with E-state index in [1.165, 1.54) is 19.3 Å². The lowest BCUT2D eigenvalue weighted by atomic mass is 10.1. The number of carbonyl (C=O) groups is 1. The monoisotopic (exact) mass is 262 g/mol. The molecule has 1 aromatic rings. The van der Waals surface area contributed by atoms with Crippen LogP contribution in [0.4, 0.5) is 0 Å². The highest BCUT2D eigenvalue weighted by Gasteiger charge is 2.21. The van der Waals surface area contributed by atoms with Crippen molar-refractivity contribution in [2.45, 2.75) is 38.1 Å². The second kappa shape index (κ2) is 5.74. The molecule has 0 radical (unpaired) electrons. The normalized spacial score (nSPS) is 23.3. The Morgan fingerprint density at radius 1 is 1.47 bits per heavy atom. The van der Waals surface area contributed by atoms with Crippen molar-refractivity contribution in [3.63, 3.8) is 0 Å². The summed E-state index contributed by atoms with van der Waals surface area (Å²) in [6.45, 7) is 2.82. The van der Waals surface area contributed by atoms with Crippen LogP contribution >= 0.6 is 0 Å². The van der Waals surface area contributed by atoms with Crippen LogP contribution in [0, 0.1) is 5.92 Å². The molecule has 1 aliphatic heterocycles. The zero-order chi connectivity index (χ0) is 13.1. The summed E-state index contributed by atoms with van der Waals surface area (Å²) in [6, 6.07) is 2.21. The molecule has 1 amide bonds. The first kappa shape index (κ1) is 12.7. The van der Waals surface area contributed by atoms with Crippen LogP contribution in [0.1, 0.15) is 48.6 Å². The van der Waals surface area contributed by atoms with Gasteiger partial charge < -0.3 is 10.6 Å². The van der Waals surface area contributed by atoms with Crippen LogP contribution in [0.5, 0.6) is 0 Å². The standard InChI is InChI=1S/C14H22N4O/c19-14(16-8-5-11-3-4-11)13-6-9-18(17-13)12-2-1-7-15-10-12/h6,9,11-12,15H,1-5,7-8,10H2,(H,16,19). The Hall–Kier alpha value is -1.36. The number of carbonyl (C=O) groups excluding carboxylic acids is 1. The average molecular weight is 262 g/mol. The molecular formula is C14H22N4O. The third-order valence-corrected chi connectivity index (χ3v) is 4.02. The van der Waals surface area contributed by atoms with E-state index in [-0.39, 0.29) is 5.91 Å². The molecule has 0 bridgehead atoms. The second-order valence-corrected chi connectivity index (χ2v) is 5.67. The van der Waals surface area contributed by atoms with Crippen molar-refractivity contribution in [2.24, 2.45) is 5.92 Å². The van der Waals surface area contributed by atoms with Crippen LogP contribution in [0.2, 0.25) is 0 Å². The number of amides is 1. The van der Waals surface area contributed by atoms with E-state index in [1.54, 1.807) is 0 Å². The van der Waals surface area contributed by atoms with Gasteiger partial charge in [-0.25, -0.2) is 0 Å². The Kier molecular flexibility index (Phi) is 3.82. The molecule has 3 rings (SSSR count). The minimum Gasteiger partial charge on any atom is -0.351 e. The highest BCUT2D eigenvalue weighted by atomic mass is 16.1. The van der Waals surface area contributed by atoms with E-state index >= 15 is 0 Å². The van der Waals surface area contributed by atoms with Gasteiger partial charge in [0.1, 0.15) is 5.69 Å². The van der Waals surface area contributed by atoms with Crippen LogP contribution in [-0.2, 0) is 0 Å². The molecule has 1 unspecified atom stereocenters. The maximum Gasteiger partial charge on any atom is 0.271 e. The molecule has 0 aromatic carbocycles. The first-order chi connectivity index (χ1) is 9.33. The quantitative estimate of drug-likeness (QED) is 0.842. The molecule has 1 atom stereocenters. The molecule has 0 spiro atoms. The van der Waals surface area contributed by atoms with Crippen molar-refractivity contribution >= 4 is 5.91 Å². The zero-order valence-electron chi connectivity index (χ0n) is 11.3. The smallest absolute Gasteiger partial charge is 0.271 e. The number of hydrogen-bond acceptors (Lipinski definition) is 3. The van der Waals surface area contributed by atoms with Gasteiger partial charge in [-0.05, 0) is 37.8 Å². The van der Waals surface area contributed by atoms with E-state index in [0.29, 0.717) is 11.7 Å². The molecule has 104 valence electrons. The van der Waals surface area contributed by atoms with Gasteiger partial charge in [0.25, 0.3) is 5.91 Å². The molecule has 1 aromatic heterocycles. The summed E-state index contributed by atoms with van der Waals surface area (Å²) in [5.74, 6) is 0.814. The Morgan fingerprint density at radius 3 is 3.11 bits per heavy atom. The van der Waals surface area contributed by atoms with Gasteiger partial charge in [-0.2, -0.15) is 5.10 Å². The van der Waals surface area contributed by atoms with Crippen molar-refractivity contribution in [2.75, 3.05) is 19.6 Å². The first-order valence-corrected chi connectivity index (χ1v) is 7.37. The van der Waals surface area contributed by atoms with Crippen molar-refractivity contribution in [3.05, 3.63) is 18.0 Å². The number of nitrogens with zero attached hydrogens (tertiary/aromatic N) is 2. The van der Waals surface area contributed by atoms with Crippen molar-refractivity contribution in [1.82, 2.24) is 20.4 Å². The predicted molar refractivity (Wildman–Crippen MR) is 73.0 cm³/mol. The van der Waals surface area contributed by atoms with E-state index in [4.69, 9.17) is 0 Å². The van der Waals surface area contributed by atoms with Crippen LogP contribution in [0.15, 0.2) is 12.3 Å². The molecule has 19 heavy (non-hydrogen) atoms. The van der Waals surface area contributed by atoms with Gasteiger partial charge in [0.15, 0.2) is 0 Å². The van der Waals surface area contributed by atoms with E-state index in [1.807, 2.05) is 16.9 Å². The van der Waals surface area contributed by atoms with Gasteiger partial charge in [0.2, 0.25) is 0 Å². The Morgan fingerprint density at radius 2 is 2.37 bits per heavy atom. The Bertz CT molecular complexity index is 432. The van der Waals surface area contributed by atoms with Crippen molar-refractivity contribution in [1.29, 1.82) is 0 Å². The summed E-state index contributed by atoms with van der Waals surface area (Å²) in [5, 5.41) is 10.7. The lowest BCUT2D eigenvalue weighted by molar-refractivity contribution is 0.0946. The van der Waals surface area contributed by atoms with E-state index in [0.717, 1.165) is 38.4 Å². The number of nitrogens with one attached hydrogen (secondary N) is 2. The summed E-state index contributed by atoms with van der Waals surface area (Å²) in [5.41, 5.74) is 0.543. The van der Waals surface area contributed by atoms with Crippen LogP contribution in [0.25, 0.3) is 0 Å². The average Bonchev–Trinajstić information content (AvgIpc) is 3.13. The van der Waals surface area contributed by atoms with Crippen molar-refractivity contribution < 1.29 is 4.79 Å². The number of rotatable bonds is 5. The van der Waals surface area contributed by atoms with Gasteiger partial charge in [-0.15, -0.1) is 0 Å². The largest absolute Gasteiger partial charge is 0.351 e. The van der Waals surface area contributed by atoms with Gasteiger partial charge in [0.05, 0.1) is 6.04 Å². The number of aromatic nitrogens is 2.